The predicted octanol–water partition coefficient (Wildman–Crippen LogP) is 1.74. The van der Waals surface area contributed by atoms with Crippen molar-refractivity contribution >= 4 is 15.7 Å². The summed E-state index contributed by atoms with van der Waals surface area (Å²) in [7, 11) is -3.58. The van der Waals surface area contributed by atoms with Crippen molar-refractivity contribution < 1.29 is 12.9 Å². The molecule has 148 valence electrons. The van der Waals surface area contributed by atoms with Crippen LogP contribution in [0.15, 0.2) is 58.5 Å². The van der Waals surface area contributed by atoms with Crippen LogP contribution in [-0.4, -0.2) is 55.8 Å². The van der Waals surface area contributed by atoms with Crippen molar-refractivity contribution in [3.63, 3.8) is 0 Å². The number of pyridine rings is 1. The molecule has 0 aromatic carbocycles. The summed E-state index contributed by atoms with van der Waals surface area (Å²) in [6, 6.07) is 7.56. The van der Waals surface area contributed by atoms with E-state index in [2.05, 4.69) is 30.0 Å². The van der Waals surface area contributed by atoms with Gasteiger partial charge in [0.2, 0.25) is 10.0 Å². The largest absolute Gasteiger partial charge is 0.363 e. The highest BCUT2D eigenvalue weighted by molar-refractivity contribution is 7.89. The summed E-state index contributed by atoms with van der Waals surface area (Å²) in [6.45, 7) is 0.769. The molecule has 10 nitrogen and oxygen atoms in total. The smallest absolute Gasteiger partial charge is 0.247 e. The van der Waals surface area contributed by atoms with Crippen LogP contribution in [0.5, 0.6) is 0 Å². The molecule has 1 aliphatic heterocycles. The molecule has 29 heavy (non-hydrogen) atoms. The molecule has 0 unspecified atom stereocenters. The van der Waals surface area contributed by atoms with Crippen LogP contribution in [0, 0.1) is 0 Å². The van der Waals surface area contributed by atoms with E-state index in [9.17, 15) is 8.42 Å². The molecule has 1 aliphatic rings. The summed E-state index contributed by atoms with van der Waals surface area (Å²) >= 11 is 0. The zero-order valence-corrected chi connectivity index (χ0v) is 16.1. The summed E-state index contributed by atoms with van der Waals surface area (Å²) in [5, 5.41) is 16.7. The monoisotopic (exact) mass is 411 g/mol. The summed E-state index contributed by atoms with van der Waals surface area (Å²) in [5.41, 5.74) is 2.34. The van der Waals surface area contributed by atoms with Gasteiger partial charge in [-0.1, -0.05) is 5.16 Å². The first kappa shape index (κ1) is 17.9. The lowest BCUT2D eigenvalue weighted by Crippen LogP contribution is -2.38. The maximum absolute atomic E-state index is 12.6. The molecular weight excluding hydrogens is 394 g/mol. The van der Waals surface area contributed by atoms with E-state index in [1.54, 1.807) is 16.9 Å². The van der Waals surface area contributed by atoms with E-state index in [4.69, 9.17) is 0 Å². The summed E-state index contributed by atoms with van der Waals surface area (Å²) < 4.78 is 33.1. The Morgan fingerprint density at radius 2 is 1.93 bits per heavy atom. The molecule has 1 saturated heterocycles. The van der Waals surface area contributed by atoms with Gasteiger partial charge in [0.1, 0.15) is 11.2 Å². The summed E-state index contributed by atoms with van der Waals surface area (Å²) in [4.78, 5) is 4.22. The van der Waals surface area contributed by atoms with Crippen molar-refractivity contribution in [3.05, 3.63) is 54.9 Å². The maximum Gasteiger partial charge on any atom is 0.247 e. The van der Waals surface area contributed by atoms with Crippen LogP contribution in [0.25, 0.3) is 16.9 Å². The first-order valence-corrected chi connectivity index (χ1v) is 10.6. The third-order valence-electron chi connectivity index (χ3n) is 5.11. The van der Waals surface area contributed by atoms with Gasteiger partial charge in [0, 0.05) is 37.0 Å². The third kappa shape index (κ3) is 3.17. The van der Waals surface area contributed by atoms with E-state index in [-0.39, 0.29) is 10.8 Å². The molecule has 0 saturated carbocycles. The normalized spacial score (nSPS) is 16.4. The Hall–Kier alpha value is -3.18. The van der Waals surface area contributed by atoms with Gasteiger partial charge in [-0.05, 0) is 37.1 Å². The second-order valence-corrected chi connectivity index (χ2v) is 8.76. The van der Waals surface area contributed by atoms with Crippen molar-refractivity contribution in [2.24, 2.45) is 0 Å². The van der Waals surface area contributed by atoms with E-state index < -0.39 is 10.0 Å². The van der Waals surface area contributed by atoms with Crippen LogP contribution < -0.4 is 0 Å². The van der Waals surface area contributed by atoms with Gasteiger partial charge in [-0.2, -0.15) is 13.9 Å². The Balaban J connectivity index is 1.40. The molecule has 1 fully saturated rings. The first-order valence-electron chi connectivity index (χ1n) is 9.15. The average Bonchev–Trinajstić information content (AvgIpc) is 3.45. The number of aromatic nitrogens is 6. The molecule has 5 heterocycles. The molecule has 0 aliphatic carbocycles. The first-order chi connectivity index (χ1) is 14.1. The fourth-order valence-corrected chi connectivity index (χ4v) is 4.88. The minimum atomic E-state index is -3.58. The van der Waals surface area contributed by atoms with Gasteiger partial charge in [0.05, 0.1) is 11.9 Å². The van der Waals surface area contributed by atoms with Crippen molar-refractivity contribution in [2.45, 2.75) is 23.7 Å². The highest BCUT2D eigenvalue weighted by atomic mass is 32.2. The molecule has 11 heteroatoms. The fraction of sp³-hybridized carbons (Fsp3) is 0.278. The number of hydrogen-bond donors (Lipinski definition) is 0. The molecule has 0 spiro atoms. The molecule has 0 amide bonds. The van der Waals surface area contributed by atoms with Crippen molar-refractivity contribution in [1.82, 2.24) is 34.3 Å². The molecule has 4 aromatic heterocycles. The number of nitrogens with zero attached hydrogens (tertiary/aromatic N) is 7. The van der Waals surface area contributed by atoms with E-state index in [0.29, 0.717) is 31.6 Å². The van der Waals surface area contributed by atoms with E-state index in [1.165, 1.54) is 10.5 Å². The van der Waals surface area contributed by atoms with Gasteiger partial charge in [-0.3, -0.25) is 4.98 Å². The standard InChI is InChI=1S/C18H17N7O3S/c26-29(27,15-11-20-28-12-15)24-8-5-13(6-9-24)18-22-21-17-4-3-16(23-25(17)18)14-2-1-7-19-10-14/h1-4,7,10-13H,5-6,8-9H2. The quantitative estimate of drug-likeness (QED) is 0.498. The average molecular weight is 411 g/mol. The number of rotatable bonds is 4. The minimum Gasteiger partial charge on any atom is -0.363 e. The van der Waals surface area contributed by atoms with E-state index in [0.717, 1.165) is 23.3 Å². The zero-order chi connectivity index (χ0) is 19.8. The van der Waals surface area contributed by atoms with Crippen LogP contribution in [-0.2, 0) is 10.0 Å². The molecule has 0 atom stereocenters. The summed E-state index contributed by atoms with van der Waals surface area (Å²) in [6.07, 6.45) is 7.10. The SMILES string of the molecule is O=S(=O)(c1cnoc1)N1CCC(c2nnc3ccc(-c4cccnc4)nn23)CC1. The van der Waals surface area contributed by atoms with Gasteiger partial charge in [-0.15, -0.1) is 10.2 Å². The van der Waals surface area contributed by atoms with E-state index in [1.807, 2.05) is 24.3 Å². The van der Waals surface area contributed by atoms with Crippen LogP contribution in [0.2, 0.25) is 0 Å². The van der Waals surface area contributed by atoms with Gasteiger partial charge in [0.25, 0.3) is 0 Å². The second kappa shape index (κ2) is 7.01. The highest BCUT2D eigenvalue weighted by Gasteiger charge is 2.32. The van der Waals surface area contributed by atoms with Crippen molar-refractivity contribution in [3.8, 4) is 11.3 Å². The lowest BCUT2D eigenvalue weighted by Gasteiger charge is -2.29. The number of piperidine rings is 1. The number of sulfonamides is 1. The minimum absolute atomic E-state index is 0.0653. The summed E-state index contributed by atoms with van der Waals surface area (Å²) in [5.74, 6) is 0.809. The Morgan fingerprint density at radius 1 is 1.07 bits per heavy atom. The van der Waals surface area contributed by atoms with Crippen LogP contribution in [0.4, 0.5) is 0 Å². The fourth-order valence-electron chi connectivity index (χ4n) is 3.55. The molecule has 0 bridgehead atoms. The molecule has 5 rings (SSSR count). The Kier molecular flexibility index (Phi) is 4.32. The Labute approximate surface area is 166 Å². The molecule has 4 aromatic rings. The topological polar surface area (TPSA) is 119 Å². The molecule has 0 radical (unpaired) electrons. The highest BCUT2D eigenvalue weighted by Crippen LogP contribution is 2.30. The van der Waals surface area contributed by atoms with Crippen molar-refractivity contribution in [1.29, 1.82) is 0 Å². The molecule has 0 N–H and O–H groups in total. The Morgan fingerprint density at radius 3 is 2.66 bits per heavy atom. The van der Waals surface area contributed by atoms with E-state index >= 15 is 0 Å². The van der Waals surface area contributed by atoms with Crippen LogP contribution >= 0.6 is 0 Å². The maximum atomic E-state index is 12.6. The number of hydrogen-bond acceptors (Lipinski definition) is 8. The third-order valence-corrected chi connectivity index (χ3v) is 6.95. The second-order valence-electron chi connectivity index (χ2n) is 6.83. The van der Waals surface area contributed by atoms with Gasteiger partial charge >= 0.3 is 0 Å². The Bertz CT molecular complexity index is 1230. The lowest BCUT2D eigenvalue weighted by molar-refractivity contribution is 0.311. The predicted molar refractivity (Wildman–Crippen MR) is 101 cm³/mol. The van der Waals surface area contributed by atoms with Crippen LogP contribution in [0.1, 0.15) is 24.6 Å². The van der Waals surface area contributed by atoms with Gasteiger partial charge < -0.3 is 4.52 Å². The van der Waals surface area contributed by atoms with Crippen molar-refractivity contribution in [2.75, 3.05) is 13.1 Å². The lowest BCUT2D eigenvalue weighted by atomic mass is 9.97. The molecular formula is C18H17N7O3S. The van der Waals surface area contributed by atoms with Gasteiger partial charge in [0.15, 0.2) is 11.5 Å². The number of fused-ring (bicyclic) bond motifs is 1. The zero-order valence-electron chi connectivity index (χ0n) is 15.3. The van der Waals surface area contributed by atoms with Gasteiger partial charge in [-0.25, -0.2) is 8.42 Å². The van der Waals surface area contributed by atoms with Crippen LogP contribution in [0.3, 0.4) is 0 Å².